The Kier molecular flexibility index (Phi) is 6.57. The van der Waals surface area contributed by atoms with Gasteiger partial charge in [-0.05, 0) is 67.6 Å². The molecule has 1 N–H and O–H groups in total. The van der Waals surface area contributed by atoms with Gasteiger partial charge in [0.05, 0.1) is 10.8 Å². The topological polar surface area (TPSA) is 69.7 Å². The number of nitrogens with one attached hydrogen (secondary N) is 1. The molecule has 166 valence electrons. The molecule has 0 saturated carbocycles. The number of hydrogen-bond donors (Lipinski definition) is 1. The summed E-state index contributed by atoms with van der Waals surface area (Å²) >= 11 is 0. The second-order valence-corrected chi connectivity index (χ2v) is 10.2. The van der Waals surface area contributed by atoms with Crippen LogP contribution in [0.1, 0.15) is 31.2 Å². The minimum atomic E-state index is -3.74. The third-order valence-electron chi connectivity index (χ3n) is 6.08. The fourth-order valence-corrected chi connectivity index (χ4v) is 5.79. The summed E-state index contributed by atoms with van der Waals surface area (Å²) in [5, 5.41) is 2.95. The molecule has 0 bridgehead atoms. The molecule has 2 saturated heterocycles. The number of sulfonamides is 1. The van der Waals surface area contributed by atoms with Crippen LogP contribution in [0.2, 0.25) is 0 Å². The molecular weight excluding hydrogens is 417 g/mol. The van der Waals surface area contributed by atoms with E-state index in [0.29, 0.717) is 25.9 Å². The van der Waals surface area contributed by atoms with E-state index < -0.39 is 21.8 Å². The van der Waals surface area contributed by atoms with Crippen molar-refractivity contribution in [1.82, 2.24) is 9.62 Å². The van der Waals surface area contributed by atoms with E-state index in [-0.39, 0.29) is 17.3 Å². The summed E-state index contributed by atoms with van der Waals surface area (Å²) in [4.78, 5) is 15.1. The molecule has 2 aliphatic rings. The summed E-state index contributed by atoms with van der Waals surface area (Å²) in [6.45, 7) is 3.10. The molecule has 0 spiro atoms. The first-order valence-corrected chi connectivity index (χ1v) is 12.2. The molecule has 1 unspecified atom stereocenters. The Labute approximate surface area is 183 Å². The van der Waals surface area contributed by atoms with Crippen LogP contribution >= 0.6 is 0 Å². The maximum Gasteiger partial charge on any atom is 0.243 e. The van der Waals surface area contributed by atoms with Crippen LogP contribution in [0.25, 0.3) is 0 Å². The molecule has 2 fully saturated rings. The number of amides is 1. The highest BCUT2D eigenvalue weighted by Crippen LogP contribution is 2.24. The number of anilines is 1. The summed E-state index contributed by atoms with van der Waals surface area (Å²) in [6, 6.07) is 13.0. The summed E-state index contributed by atoms with van der Waals surface area (Å²) < 4.78 is 40.2. The van der Waals surface area contributed by atoms with Gasteiger partial charge in [0.1, 0.15) is 5.82 Å². The van der Waals surface area contributed by atoms with Crippen LogP contribution < -0.4 is 10.2 Å². The lowest BCUT2D eigenvalue weighted by molar-refractivity contribution is -0.126. The summed E-state index contributed by atoms with van der Waals surface area (Å²) in [7, 11) is -3.74. The fraction of sp³-hybridized carbons (Fsp3) is 0.435. The van der Waals surface area contributed by atoms with Crippen LogP contribution in [0, 0.1) is 11.7 Å². The van der Waals surface area contributed by atoms with Gasteiger partial charge >= 0.3 is 0 Å². The second-order valence-electron chi connectivity index (χ2n) is 8.23. The van der Waals surface area contributed by atoms with E-state index in [1.54, 1.807) is 0 Å². The predicted octanol–water partition coefficient (Wildman–Crippen LogP) is 3.14. The number of rotatable bonds is 6. The lowest BCUT2D eigenvalue weighted by Crippen LogP contribution is -2.45. The molecule has 0 radical (unpaired) electrons. The van der Waals surface area contributed by atoms with Gasteiger partial charge in [-0.3, -0.25) is 4.79 Å². The van der Waals surface area contributed by atoms with Crippen LogP contribution in [-0.2, 0) is 21.4 Å². The van der Waals surface area contributed by atoms with Crippen molar-refractivity contribution in [3.63, 3.8) is 0 Å². The second kappa shape index (κ2) is 9.36. The molecule has 8 heteroatoms. The molecule has 31 heavy (non-hydrogen) atoms. The molecule has 2 heterocycles. The van der Waals surface area contributed by atoms with E-state index in [1.165, 1.54) is 35.0 Å². The van der Waals surface area contributed by atoms with Gasteiger partial charge in [-0.2, -0.15) is 4.31 Å². The summed E-state index contributed by atoms with van der Waals surface area (Å²) in [6.07, 6.45) is 3.72. The Balaban J connectivity index is 1.34. The van der Waals surface area contributed by atoms with Crippen LogP contribution in [0.15, 0.2) is 53.4 Å². The molecule has 1 atom stereocenters. The maximum atomic E-state index is 13.1. The average Bonchev–Trinajstić information content (AvgIpc) is 3.33. The van der Waals surface area contributed by atoms with E-state index >= 15 is 0 Å². The van der Waals surface area contributed by atoms with Crippen LogP contribution in [0.4, 0.5) is 10.1 Å². The molecular formula is C23H28FN3O3S. The van der Waals surface area contributed by atoms with Crippen molar-refractivity contribution < 1.29 is 17.6 Å². The molecule has 0 aliphatic carbocycles. The highest BCUT2D eigenvalue weighted by Gasteiger charge is 2.33. The zero-order valence-electron chi connectivity index (χ0n) is 17.5. The molecule has 2 aromatic rings. The first-order valence-electron chi connectivity index (χ1n) is 10.8. The van der Waals surface area contributed by atoms with Gasteiger partial charge < -0.3 is 10.2 Å². The van der Waals surface area contributed by atoms with Gasteiger partial charge in [0.15, 0.2) is 0 Å². The van der Waals surface area contributed by atoms with Crippen molar-refractivity contribution in [3.8, 4) is 0 Å². The molecule has 2 aliphatic heterocycles. The first kappa shape index (κ1) is 21.8. The molecule has 6 nitrogen and oxygen atoms in total. The quantitative estimate of drug-likeness (QED) is 0.742. The van der Waals surface area contributed by atoms with Crippen LogP contribution in [-0.4, -0.2) is 44.8 Å². The lowest BCUT2D eigenvalue weighted by atomic mass is 9.98. The average molecular weight is 446 g/mol. The summed E-state index contributed by atoms with van der Waals surface area (Å²) in [5.74, 6) is -1.02. The number of piperidine rings is 1. The highest BCUT2D eigenvalue weighted by atomic mass is 32.2. The molecule has 1 amide bonds. The van der Waals surface area contributed by atoms with Crippen molar-refractivity contribution in [1.29, 1.82) is 0 Å². The van der Waals surface area contributed by atoms with E-state index in [4.69, 9.17) is 0 Å². The Morgan fingerprint density at radius 2 is 1.65 bits per heavy atom. The molecule has 4 rings (SSSR count). The minimum absolute atomic E-state index is 0.0491. The first-order chi connectivity index (χ1) is 14.9. The van der Waals surface area contributed by atoms with E-state index in [9.17, 15) is 17.6 Å². The lowest BCUT2D eigenvalue weighted by Gasteiger charge is -2.31. The zero-order valence-corrected chi connectivity index (χ0v) is 18.3. The van der Waals surface area contributed by atoms with Crippen LogP contribution in [0.3, 0.4) is 0 Å². The Bertz CT molecular complexity index is 1000. The van der Waals surface area contributed by atoms with Crippen molar-refractivity contribution in [2.45, 2.75) is 37.1 Å². The third kappa shape index (κ3) is 5.07. The number of nitrogens with zero attached hydrogens (tertiary/aromatic N) is 2. The van der Waals surface area contributed by atoms with E-state index in [0.717, 1.165) is 30.8 Å². The number of carbonyl (C=O) groups is 1. The molecule has 2 aromatic carbocycles. The fourth-order valence-electron chi connectivity index (χ4n) is 4.26. The van der Waals surface area contributed by atoms with Crippen molar-refractivity contribution in [3.05, 3.63) is 59.9 Å². The standard InChI is InChI=1S/C23H28FN3O3S/c24-20-7-11-22(12-8-20)31(29,30)27-15-3-4-19(17-27)23(28)25-16-18-5-9-21(10-6-18)26-13-1-2-14-26/h5-12,19H,1-4,13-17H2,(H,25,28). The number of benzene rings is 2. The van der Waals surface area contributed by atoms with E-state index in [1.807, 2.05) is 12.1 Å². The third-order valence-corrected chi connectivity index (χ3v) is 7.96. The van der Waals surface area contributed by atoms with Gasteiger partial charge in [0, 0.05) is 38.4 Å². The van der Waals surface area contributed by atoms with Gasteiger partial charge in [-0.25, -0.2) is 12.8 Å². The normalized spacial score (nSPS) is 20.0. The van der Waals surface area contributed by atoms with E-state index in [2.05, 4.69) is 22.3 Å². The predicted molar refractivity (Wildman–Crippen MR) is 118 cm³/mol. The monoisotopic (exact) mass is 445 g/mol. The maximum absolute atomic E-state index is 13.1. The van der Waals surface area contributed by atoms with Gasteiger partial charge in [-0.1, -0.05) is 12.1 Å². The highest BCUT2D eigenvalue weighted by molar-refractivity contribution is 7.89. The Morgan fingerprint density at radius 3 is 2.32 bits per heavy atom. The van der Waals surface area contributed by atoms with Crippen molar-refractivity contribution in [2.24, 2.45) is 5.92 Å². The Hall–Kier alpha value is -2.45. The van der Waals surface area contributed by atoms with Crippen molar-refractivity contribution >= 4 is 21.6 Å². The Morgan fingerprint density at radius 1 is 0.968 bits per heavy atom. The summed E-state index contributed by atoms with van der Waals surface area (Å²) in [5.41, 5.74) is 2.23. The van der Waals surface area contributed by atoms with Gasteiger partial charge in [0.25, 0.3) is 0 Å². The SMILES string of the molecule is O=C(NCc1ccc(N2CCCC2)cc1)C1CCCN(S(=O)(=O)c2ccc(F)cc2)C1. The largest absolute Gasteiger partial charge is 0.372 e. The number of halogens is 1. The molecule has 0 aromatic heterocycles. The van der Waals surface area contributed by atoms with Crippen LogP contribution in [0.5, 0.6) is 0 Å². The minimum Gasteiger partial charge on any atom is -0.372 e. The number of hydrogen-bond acceptors (Lipinski definition) is 4. The van der Waals surface area contributed by atoms with Crippen molar-refractivity contribution in [2.75, 3.05) is 31.1 Å². The van der Waals surface area contributed by atoms with Gasteiger partial charge in [0.2, 0.25) is 15.9 Å². The van der Waals surface area contributed by atoms with Gasteiger partial charge in [-0.15, -0.1) is 0 Å². The smallest absolute Gasteiger partial charge is 0.243 e. The number of carbonyl (C=O) groups excluding carboxylic acids is 1. The zero-order chi connectivity index (χ0) is 21.8.